The number of hydrogen-bond donors (Lipinski definition) is 0. The Morgan fingerprint density at radius 1 is 1.08 bits per heavy atom. The van der Waals surface area contributed by atoms with E-state index in [2.05, 4.69) is 41.8 Å². The van der Waals surface area contributed by atoms with E-state index in [9.17, 15) is 4.79 Å². The summed E-state index contributed by atoms with van der Waals surface area (Å²) in [5.41, 5.74) is 4.08. The topological polar surface area (TPSA) is 26.8 Å². The molecule has 1 aliphatic carbocycles. The molecule has 1 saturated heterocycles. The van der Waals surface area contributed by atoms with Crippen LogP contribution in [0.3, 0.4) is 0 Å². The van der Waals surface area contributed by atoms with Crippen molar-refractivity contribution in [1.82, 2.24) is 9.80 Å². The van der Waals surface area contributed by atoms with Gasteiger partial charge in [0.25, 0.3) is 0 Å². The van der Waals surface area contributed by atoms with E-state index in [-0.39, 0.29) is 5.41 Å². The van der Waals surface area contributed by atoms with Gasteiger partial charge in [0.15, 0.2) is 0 Å². The van der Waals surface area contributed by atoms with E-state index in [1.54, 1.807) is 0 Å². The Bertz CT molecular complexity index is 628. The Hall–Kier alpha value is -1.55. The van der Waals surface area contributed by atoms with E-state index >= 15 is 0 Å². The number of piperazine rings is 1. The van der Waals surface area contributed by atoms with Gasteiger partial charge in [-0.25, -0.2) is 0 Å². The van der Waals surface area contributed by atoms with Crippen molar-refractivity contribution in [3.63, 3.8) is 0 Å². The van der Waals surface area contributed by atoms with Crippen LogP contribution in [0, 0.1) is 0 Å². The second-order valence-electron chi connectivity index (χ2n) is 8.70. The van der Waals surface area contributed by atoms with Crippen LogP contribution in [0.15, 0.2) is 18.2 Å². The highest BCUT2D eigenvalue weighted by atomic mass is 16.1. The average molecular weight is 341 g/mol. The summed E-state index contributed by atoms with van der Waals surface area (Å²) in [7, 11) is 0. The molecule has 4 heteroatoms. The van der Waals surface area contributed by atoms with E-state index in [1.807, 2.05) is 4.90 Å². The quantitative estimate of drug-likeness (QED) is 0.791. The minimum Gasteiger partial charge on any atom is -0.369 e. The second-order valence-corrected chi connectivity index (χ2v) is 8.70. The van der Waals surface area contributed by atoms with Gasteiger partial charge in [-0.05, 0) is 36.1 Å². The van der Waals surface area contributed by atoms with Crippen molar-refractivity contribution in [2.24, 2.45) is 0 Å². The predicted molar refractivity (Wildman–Crippen MR) is 102 cm³/mol. The highest BCUT2D eigenvalue weighted by molar-refractivity contribution is 5.56. The van der Waals surface area contributed by atoms with Crippen molar-refractivity contribution in [2.75, 3.05) is 37.6 Å². The molecule has 136 valence electrons. The molecule has 4 nitrogen and oxygen atoms in total. The fourth-order valence-corrected chi connectivity index (χ4v) is 5.12. The van der Waals surface area contributed by atoms with Crippen molar-refractivity contribution in [3.05, 3.63) is 29.3 Å². The number of rotatable bonds is 3. The monoisotopic (exact) mass is 341 g/mol. The number of nitrogens with zero attached hydrogens (tertiary/aromatic N) is 3. The molecule has 1 aromatic carbocycles. The van der Waals surface area contributed by atoms with Gasteiger partial charge >= 0.3 is 0 Å². The smallest absolute Gasteiger partial charge is 0.210 e. The number of carbonyl (C=O) groups is 1. The maximum Gasteiger partial charge on any atom is 0.210 e. The maximum absolute atomic E-state index is 11.3. The molecule has 1 aromatic rings. The van der Waals surface area contributed by atoms with Gasteiger partial charge in [0.05, 0.1) is 0 Å². The van der Waals surface area contributed by atoms with E-state index < -0.39 is 0 Å². The molecule has 0 N–H and O–H groups in total. The SMILES string of the molecule is CC1(C)CN(C=O)Cc2cc(N3CCN(C4CCCC4)CC3)ccc21. The fourth-order valence-electron chi connectivity index (χ4n) is 5.12. The van der Waals surface area contributed by atoms with Gasteiger partial charge in [-0.3, -0.25) is 9.69 Å². The molecule has 0 atom stereocenters. The van der Waals surface area contributed by atoms with Gasteiger partial charge in [0, 0.05) is 56.4 Å². The zero-order chi connectivity index (χ0) is 17.4. The first-order valence-electron chi connectivity index (χ1n) is 9.88. The molecule has 4 rings (SSSR count). The lowest BCUT2D eigenvalue weighted by Crippen LogP contribution is -2.49. The summed E-state index contributed by atoms with van der Waals surface area (Å²) in [4.78, 5) is 18.5. The summed E-state index contributed by atoms with van der Waals surface area (Å²) in [6.45, 7) is 10.7. The lowest BCUT2D eigenvalue weighted by Gasteiger charge is -2.41. The standard InChI is InChI=1S/C21H31N3O/c1-21(2)15-22(16-25)14-17-13-19(7-8-20(17)21)24-11-9-23(10-12-24)18-5-3-4-6-18/h7-8,13,16,18H,3-6,9-12,14-15H2,1-2H3. The van der Waals surface area contributed by atoms with Crippen LogP contribution < -0.4 is 4.90 Å². The van der Waals surface area contributed by atoms with Crippen LogP contribution in [0.25, 0.3) is 0 Å². The summed E-state index contributed by atoms with van der Waals surface area (Å²) in [6, 6.07) is 7.77. The zero-order valence-electron chi connectivity index (χ0n) is 15.7. The Morgan fingerprint density at radius 3 is 2.48 bits per heavy atom. The molecule has 1 amide bonds. The highest BCUT2D eigenvalue weighted by Gasteiger charge is 2.32. The largest absolute Gasteiger partial charge is 0.369 e. The number of fused-ring (bicyclic) bond motifs is 1. The Labute approximate surface area is 151 Å². The summed E-state index contributed by atoms with van der Waals surface area (Å²) < 4.78 is 0. The van der Waals surface area contributed by atoms with Crippen molar-refractivity contribution in [3.8, 4) is 0 Å². The van der Waals surface area contributed by atoms with Crippen molar-refractivity contribution in [1.29, 1.82) is 0 Å². The Kier molecular flexibility index (Phi) is 4.48. The van der Waals surface area contributed by atoms with Gasteiger partial charge in [-0.2, -0.15) is 0 Å². The van der Waals surface area contributed by atoms with E-state index in [0.717, 1.165) is 38.6 Å². The molecular formula is C21H31N3O. The van der Waals surface area contributed by atoms with Crippen LogP contribution >= 0.6 is 0 Å². The molecule has 0 aromatic heterocycles. The average Bonchev–Trinajstić information content (AvgIpc) is 3.15. The minimum atomic E-state index is 0.0359. The van der Waals surface area contributed by atoms with E-state index in [0.29, 0.717) is 0 Å². The van der Waals surface area contributed by atoms with Crippen LogP contribution in [0.5, 0.6) is 0 Å². The van der Waals surface area contributed by atoms with Crippen LogP contribution in [0.2, 0.25) is 0 Å². The van der Waals surface area contributed by atoms with Gasteiger partial charge in [-0.1, -0.05) is 32.8 Å². The molecule has 0 spiro atoms. The molecule has 1 saturated carbocycles. The highest BCUT2D eigenvalue weighted by Crippen LogP contribution is 2.35. The van der Waals surface area contributed by atoms with Crippen molar-refractivity contribution < 1.29 is 4.79 Å². The van der Waals surface area contributed by atoms with Crippen LogP contribution in [0.1, 0.15) is 50.7 Å². The summed E-state index contributed by atoms with van der Waals surface area (Å²) in [5.74, 6) is 0. The normalized spacial score (nSPS) is 24.4. The third-order valence-electron chi connectivity index (χ3n) is 6.46. The van der Waals surface area contributed by atoms with E-state index in [4.69, 9.17) is 0 Å². The van der Waals surface area contributed by atoms with Gasteiger partial charge in [0.1, 0.15) is 0 Å². The van der Waals surface area contributed by atoms with Crippen LogP contribution in [-0.4, -0.2) is 55.0 Å². The number of amides is 1. The van der Waals surface area contributed by atoms with Crippen molar-refractivity contribution >= 4 is 12.1 Å². The molecule has 0 bridgehead atoms. The first-order valence-corrected chi connectivity index (χ1v) is 9.88. The first kappa shape index (κ1) is 16.9. The van der Waals surface area contributed by atoms with Gasteiger partial charge in [-0.15, -0.1) is 0 Å². The summed E-state index contributed by atoms with van der Waals surface area (Å²) in [5, 5.41) is 0. The Morgan fingerprint density at radius 2 is 1.80 bits per heavy atom. The first-order chi connectivity index (χ1) is 12.1. The molecule has 2 fully saturated rings. The second kappa shape index (κ2) is 6.64. The molecule has 3 aliphatic rings. The minimum absolute atomic E-state index is 0.0359. The summed E-state index contributed by atoms with van der Waals surface area (Å²) in [6.07, 6.45) is 6.63. The number of anilines is 1. The summed E-state index contributed by atoms with van der Waals surface area (Å²) >= 11 is 0. The Balaban J connectivity index is 1.48. The predicted octanol–water partition coefficient (Wildman–Crippen LogP) is 3.00. The molecule has 25 heavy (non-hydrogen) atoms. The number of benzene rings is 1. The molecule has 0 unspecified atom stereocenters. The fraction of sp³-hybridized carbons (Fsp3) is 0.667. The molecule has 2 heterocycles. The number of carbonyl (C=O) groups excluding carboxylic acids is 1. The van der Waals surface area contributed by atoms with Crippen molar-refractivity contribution in [2.45, 2.75) is 57.5 Å². The van der Waals surface area contributed by atoms with Gasteiger partial charge < -0.3 is 9.80 Å². The molecule has 0 radical (unpaired) electrons. The third kappa shape index (κ3) is 3.29. The van der Waals surface area contributed by atoms with Gasteiger partial charge in [0.2, 0.25) is 6.41 Å². The maximum atomic E-state index is 11.3. The van der Waals surface area contributed by atoms with Crippen LogP contribution in [0.4, 0.5) is 5.69 Å². The third-order valence-corrected chi connectivity index (χ3v) is 6.46. The van der Waals surface area contributed by atoms with Crippen LogP contribution in [-0.2, 0) is 16.8 Å². The molecular weight excluding hydrogens is 310 g/mol. The zero-order valence-corrected chi connectivity index (χ0v) is 15.7. The van der Waals surface area contributed by atoms with E-state index in [1.165, 1.54) is 55.6 Å². The lowest BCUT2D eigenvalue weighted by atomic mass is 9.78. The number of hydrogen-bond acceptors (Lipinski definition) is 3. The molecule has 2 aliphatic heterocycles. The lowest BCUT2D eigenvalue weighted by molar-refractivity contribution is -0.119.